The van der Waals surface area contributed by atoms with Crippen LogP contribution in [0.2, 0.25) is 0 Å². The highest BCUT2D eigenvalue weighted by Crippen LogP contribution is 2.17. The van der Waals surface area contributed by atoms with Crippen molar-refractivity contribution in [2.75, 3.05) is 25.0 Å². The summed E-state index contributed by atoms with van der Waals surface area (Å²) in [6.07, 6.45) is 5.80. The Morgan fingerprint density at radius 3 is 2.61 bits per heavy atom. The molecule has 0 bridgehead atoms. The van der Waals surface area contributed by atoms with E-state index in [9.17, 15) is 4.79 Å². The Labute approximate surface area is 136 Å². The first-order valence-electron chi connectivity index (χ1n) is 7.82. The normalized spacial score (nSPS) is 11.5. The molecule has 122 valence electrons. The summed E-state index contributed by atoms with van der Waals surface area (Å²) in [6.45, 7) is 3.95. The van der Waals surface area contributed by atoms with Gasteiger partial charge in [-0.05, 0) is 17.9 Å². The molecule has 0 saturated heterocycles. The number of hydrogen-bond acceptors (Lipinski definition) is 4. The minimum atomic E-state index is -0.147. The van der Waals surface area contributed by atoms with Crippen LogP contribution in [-0.2, 0) is 0 Å². The van der Waals surface area contributed by atoms with Crippen molar-refractivity contribution < 1.29 is 4.79 Å². The SMILES string of the molecule is C[C@H](CCNC(=O)NCCNc1cnccn1)c1ccccc1. The molecule has 0 fully saturated rings. The monoisotopic (exact) mass is 313 g/mol. The van der Waals surface area contributed by atoms with Gasteiger partial charge in [0.2, 0.25) is 0 Å². The summed E-state index contributed by atoms with van der Waals surface area (Å²) in [7, 11) is 0. The summed E-state index contributed by atoms with van der Waals surface area (Å²) in [5, 5.41) is 8.76. The van der Waals surface area contributed by atoms with E-state index in [1.54, 1.807) is 18.6 Å². The predicted molar refractivity (Wildman–Crippen MR) is 91.4 cm³/mol. The number of nitrogens with one attached hydrogen (secondary N) is 3. The first-order valence-corrected chi connectivity index (χ1v) is 7.82. The Hall–Kier alpha value is -2.63. The average Bonchev–Trinajstić information content (AvgIpc) is 2.60. The van der Waals surface area contributed by atoms with Crippen molar-refractivity contribution in [2.45, 2.75) is 19.3 Å². The Bertz CT molecular complexity index is 576. The van der Waals surface area contributed by atoms with Gasteiger partial charge in [0, 0.05) is 32.0 Å². The van der Waals surface area contributed by atoms with Gasteiger partial charge in [-0.3, -0.25) is 4.98 Å². The second-order valence-electron chi connectivity index (χ2n) is 5.30. The highest BCUT2D eigenvalue weighted by atomic mass is 16.2. The van der Waals surface area contributed by atoms with Crippen molar-refractivity contribution in [1.82, 2.24) is 20.6 Å². The lowest BCUT2D eigenvalue weighted by Crippen LogP contribution is -2.38. The highest BCUT2D eigenvalue weighted by molar-refractivity contribution is 5.73. The number of amides is 2. The first kappa shape index (κ1) is 16.7. The molecule has 0 spiro atoms. The van der Waals surface area contributed by atoms with E-state index in [0.29, 0.717) is 31.4 Å². The van der Waals surface area contributed by atoms with Crippen LogP contribution in [0.4, 0.5) is 10.6 Å². The van der Waals surface area contributed by atoms with Gasteiger partial charge in [-0.1, -0.05) is 37.3 Å². The fourth-order valence-corrected chi connectivity index (χ4v) is 2.17. The van der Waals surface area contributed by atoms with Gasteiger partial charge in [0.05, 0.1) is 6.20 Å². The number of nitrogens with zero attached hydrogens (tertiary/aromatic N) is 2. The zero-order chi connectivity index (χ0) is 16.3. The van der Waals surface area contributed by atoms with Gasteiger partial charge in [0.15, 0.2) is 0 Å². The van der Waals surface area contributed by atoms with E-state index >= 15 is 0 Å². The maximum absolute atomic E-state index is 11.7. The topological polar surface area (TPSA) is 78.9 Å². The molecule has 6 heteroatoms. The number of hydrogen-bond donors (Lipinski definition) is 3. The number of carbonyl (C=O) groups excluding carboxylic acids is 1. The molecule has 0 saturated carbocycles. The van der Waals surface area contributed by atoms with Crippen LogP contribution in [0.5, 0.6) is 0 Å². The zero-order valence-electron chi connectivity index (χ0n) is 13.3. The van der Waals surface area contributed by atoms with Crippen LogP contribution in [0.25, 0.3) is 0 Å². The summed E-state index contributed by atoms with van der Waals surface area (Å²) in [4.78, 5) is 19.7. The second-order valence-corrected chi connectivity index (χ2v) is 5.30. The molecule has 6 nitrogen and oxygen atoms in total. The minimum Gasteiger partial charge on any atom is -0.367 e. The van der Waals surface area contributed by atoms with Gasteiger partial charge >= 0.3 is 6.03 Å². The third-order valence-corrected chi connectivity index (χ3v) is 3.51. The lowest BCUT2D eigenvalue weighted by Gasteiger charge is -2.13. The van der Waals surface area contributed by atoms with Crippen LogP contribution >= 0.6 is 0 Å². The number of rotatable bonds is 8. The van der Waals surface area contributed by atoms with Gasteiger partial charge in [-0.25, -0.2) is 9.78 Å². The smallest absolute Gasteiger partial charge is 0.314 e. The Balaban J connectivity index is 1.55. The maximum atomic E-state index is 11.7. The van der Waals surface area contributed by atoms with E-state index in [1.165, 1.54) is 5.56 Å². The molecule has 0 unspecified atom stereocenters. The summed E-state index contributed by atoms with van der Waals surface area (Å²) in [5.41, 5.74) is 1.29. The van der Waals surface area contributed by atoms with Crippen molar-refractivity contribution in [1.29, 1.82) is 0 Å². The van der Waals surface area contributed by atoms with Crippen LogP contribution in [0, 0.1) is 0 Å². The molecule has 3 N–H and O–H groups in total. The van der Waals surface area contributed by atoms with Crippen molar-refractivity contribution in [3.8, 4) is 0 Å². The maximum Gasteiger partial charge on any atom is 0.314 e. The standard InChI is InChI=1S/C17H23N5O/c1-14(15-5-3-2-4-6-15)7-8-21-17(23)22-12-11-20-16-13-18-9-10-19-16/h2-6,9-10,13-14H,7-8,11-12H2,1H3,(H,19,20)(H2,21,22,23)/t14-/m1/s1. The summed E-state index contributed by atoms with van der Waals surface area (Å²) >= 11 is 0. The van der Waals surface area contributed by atoms with Crippen LogP contribution in [0.15, 0.2) is 48.9 Å². The zero-order valence-corrected chi connectivity index (χ0v) is 13.3. The van der Waals surface area contributed by atoms with Crippen LogP contribution in [-0.4, -0.2) is 35.6 Å². The molecule has 0 aliphatic heterocycles. The Morgan fingerprint density at radius 2 is 1.87 bits per heavy atom. The summed E-state index contributed by atoms with van der Waals surface area (Å²) in [6, 6.07) is 10.2. The molecule has 23 heavy (non-hydrogen) atoms. The van der Waals surface area contributed by atoms with Crippen molar-refractivity contribution >= 4 is 11.8 Å². The fraction of sp³-hybridized carbons (Fsp3) is 0.353. The van der Waals surface area contributed by atoms with E-state index in [2.05, 4.69) is 45.0 Å². The fourth-order valence-electron chi connectivity index (χ4n) is 2.17. The molecule has 2 rings (SSSR count). The summed E-state index contributed by atoms with van der Waals surface area (Å²) in [5.74, 6) is 1.13. The third-order valence-electron chi connectivity index (χ3n) is 3.51. The van der Waals surface area contributed by atoms with Crippen molar-refractivity contribution in [3.63, 3.8) is 0 Å². The quantitative estimate of drug-likeness (QED) is 0.654. The number of carbonyl (C=O) groups is 1. The van der Waals surface area contributed by atoms with Gasteiger partial charge in [0.1, 0.15) is 5.82 Å². The lowest BCUT2D eigenvalue weighted by molar-refractivity contribution is 0.241. The lowest BCUT2D eigenvalue weighted by atomic mass is 9.98. The molecule has 0 aliphatic carbocycles. The van der Waals surface area contributed by atoms with E-state index in [0.717, 1.165) is 6.42 Å². The van der Waals surface area contributed by atoms with Gasteiger partial charge in [-0.15, -0.1) is 0 Å². The Kier molecular flexibility index (Phi) is 6.84. The van der Waals surface area contributed by atoms with E-state index < -0.39 is 0 Å². The minimum absolute atomic E-state index is 0.147. The molecule has 0 radical (unpaired) electrons. The van der Waals surface area contributed by atoms with E-state index in [1.807, 2.05) is 18.2 Å². The van der Waals surface area contributed by atoms with Crippen LogP contribution in [0.1, 0.15) is 24.8 Å². The molecule has 2 amide bonds. The first-order chi connectivity index (χ1) is 11.3. The largest absolute Gasteiger partial charge is 0.367 e. The van der Waals surface area contributed by atoms with Crippen LogP contribution < -0.4 is 16.0 Å². The van der Waals surface area contributed by atoms with Gasteiger partial charge in [0.25, 0.3) is 0 Å². The van der Waals surface area contributed by atoms with Gasteiger partial charge < -0.3 is 16.0 Å². The molecule has 1 aromatic carbocycles. The van der Waals surface area contributed by atoms with Crippen molar-refractivity contribution in [3.05, 3.63) is 54.5 Å². The molecule has 1 heterocycles. The number of aromatic nitrogens is 2. The van der Waals surface area contributed by atoms with E-state index in [-0.39, 0.29) is 6.03 Å². The third kappa shape index (κ3) is 6.34. The second kappa shape index (κ2) is 9.40. The number of urea groups is 1. The molecule has 1 aromatic heterocycles. The molecule has 1 atom stereocenters. The number of benzene rings is 1. The molecule has 2 aromatic rings. The van der Waals surface area contributed by atoms with Gasteiger partial charge in [-0.2, -0.15) is 0 Å². The highest BCUT2D eigenvalue weighted by Gasteiger charge is 2.05. The molecular weight excluding hydrogens is 290 g/mol. The van der Waals surface area contributed by atoms with Crippen molar-refractivity contribution in [2.24, 2.45) is 0 Å². The van der Waals surface area contributed by atoms with Crippen LogP contribution in [0.3, 0.4) is 0 Å². The predicted octanol–water partition coefficient (Wildman–Crippen LogP) is 2.38. The number of anilines is 1. The molecule has 0 aliphatic rings. The average molecular weight is 313 g/mol. The Morgan fingerprint density at radius 1 is 1.09 bits per heavy atom. The molecular formula is C17H23N5O. The van der Waals surface area contributed by atoms with E-state index in [4.69, 9.17) is 0 Å². The summed E-state index contributed by atoms with van der Waals surface area (Å²) < 4.78 is 0.